The van der Waals surface area contributed by atoms with Crippen LogP contribution in [0.4, 0.5) is 0 Å². The van der Waals surface area contributed by atoms with E-state index in [1.54, 1.807) is 6.07 Å². The lowest BCUT2D eigenvalue weighted by atomic mass is 10.1. The zero-order valence-electron chi connectivity index (χ0n) is 8.59. The highest BCUT2D eigenvalue weighted by atomic mass is 35.5. The fourth-order valence-corrected chi connectivity index (χ4v) is 2.08. The van der Waals surface area contributed by atoms with Crippen molar-refractivity contribution in [3.8, 4) is 5.75 Å². The summed E-state index contributed by atoms with van der Waals surface area (Å²) in [4.78, 5) is 0. The molecule has 1 aromatic carbocycles. The Kier molecular flexibility index (Phi) is 2.49. The highest BCUT2D eigenvalue weighted by Crippen LogP contribution is 2.37. The molecule has 4 heteroatoms. The number of fused-ring (bicyclic) bond motifs is 1. The van der Waals surface area contributed by atoms with Crippen LogP contribution in [0.2, 0.25) is 10.0 Å². The van der Waals surface area contributed by atoms with E-state index in [9.17, 15) is 0 Å². The summed E-state index contributed by atoms with van der Waals surface area (Å²) in [6.07, 6.45) is 4.54. The zero-order chi connectivity index (χ0) is 11.1. The molecule has 1 aliphatic carbocycles. The number of nitrogens with one attached hydrogen (secondary N) is 1. The molecule has 2 aliphatic rings. The van der Waals surface area contributed by atoms with Gasteiger partial charge in [0.2, 0.25) is 0 Å². The van der Waals surface area contributed by atoms with Crippen LogP contribution in [0.3, 0.4) is 0 Å². The van der Waals surface area contributed by atoms with Gasteiger partial charge in [0, 0.05) is 23.4 Å². The predicted octanol–water partition coefficient (Wildman–Crippen LogP) is 3.48. The molecule has 1 N–H and O–H groups in total. The van der Waals surface area contributed by atoms with Gasteiger partial charge in [-0.25, -0.2) is 0 Å². The first-order valence-electron chi connectivity index (χ1n) is 5.33. The number of benzene rings is 1. The Balaban J connectivity index is 1.99. The van der Waals surface area contributed by atoms with Crippen LogP contribution in [0.15, 0.2) is 18.2 Å². The molecular weight excluding hydrogens is 245 g/mol. The van der Waals surface area contributed by atoms with Crippen molar-refractivity contribution in [2.24, 2.45) is 0 Å². The predicted molar refractivity (Wildman–Crippen MR) is 66.1 cm³/mol. The molecule has 0 saturated heterocycles. The van der Waals surface area contributed by atoms with E-state index in [0.29, 0.717) is 22.7 Å². The minimum Gasteiger partial charge on any atom is -0.489 e. The van der Waals surface area contributed by atoms with Crippen molar-refractivity contribution in [2.75, 3.05) is 6.61 Å². The maximum absolute atomic E-state index is 6.02. The molecule has 1 aliphatic heterocycles. The van der Waals surface area contributed by atoms with Gasteiger partial charge >= 0.3 is 0 Å². The lowest BCUT2D eigenvalue weighted by Crippen LogP contribution is -2.19. The summed E-state index contributed by atoms with van der Waals surface area (Å²) in [5.41, 5.74) is 2.12. The van der Waals surface area contributed by atoms with Gasteiger partial charge in [-0.2, -0.15) is 0 Å². The monoisotopic (exact) mass is 255 g/mol. The molecule has 0 spiro atoms. The molecule has 0 unspecified atom stereocenters. The Morgan fingerprint density at radius 2 is 1.94 bits per heavy atom. The van der Waals surface area contributed by atoms with Gasteiger partial charge in [0.15, 0.2) is 0 Å². The largest absolute Gasteiger partial charge is 0.489 e. The molecular formula is C12H11Cl2NO. The van der Waals surface area contributed by atoms with E-state index in [4.69, 9.17) is 27.9 Å². The Bertz CT molecular complexity index is 466. The molecule has 16 heavy (non-hydrogen) atoms. The summed E-state index contributed by atoms with van der Waals surface area (Å²) in [6.45, 7) is 0.583. The molecule has 1 fully saturated rings. The van der Waals surface area contributed by atoms with Crippen molar-refractivity contribution in [1.29, 1.82) is 0 Å². The minimum atomic E-state index is 0.535. The van der Waals surface area contributed by atoms with E-state index >= 15 is 0 Å². The average Bonchev–Trinajstić information content (AvgIpc) is 3.05. The Hall–Kier alpha value is -0.860. The zero-order valence-corrected chi connectivity index (χ0v) is 10.1. The number of ether oxygens (including phenoxy) is 1. The second-order valence-corrected chi connectivity index (χ2v) is 4.92. The van der Waals surface area contributed by atoms with Gasteiger partial charge in [0.1, 0.15) is 12.4 Å². The summed E-state index contributed by atoms with van der Waals surface area (Å²) in [5, 5.41) is 4.57. The molecule has 0 bridgehead atoms. The first-order valence-corrected chi connectivity index (χ1v) is 6.08. The summed E-state index contributed by atoms with van der Waals surface area (Å²) >= 11 is 12.0. The highest BCUT2D eigenvalue weighted by Gasteiger charge is 2.25. The number of hydrogen-bond donors (Lipinski definition) is 1. The van der Waals surface area contributed by atoms with Gasteiger partial charge in [-0.15, -0.1) is 0 Å². The first kappa shape index (κ1) is 10.3. The smallest absolute Gasteiger partial charge is 0.130 e. The van der Waals surface area contributed by atoms with Crippen LogP contribution in [0.1, 0.15) is 18.4 Å². The number of hydrogen-bond acceptors (Lipinski definition) is 2. The molecule has 1 saturated carbocycles. The molecule has 1 aromatic rings. The van der Waals surface area contributed by atoms with Gasteiger partial charge in [0.25, 0.3) is 0 Å². The molecule has 2 nitrogen and oxygen atoms in total. The maximum Gasteiger partial charge on any atom is 0.130 e. The second-order valence-electron chi connectivity index (χ2n) is 4.11. The average molecular weight is 256 g/mol. The van der Waals surface area contributed by atoms with Crippen LogP contribution in [-0.4, -0.2) is 12.6 Å². The SMILES string of the molecule is Clc1cc2c(cc1Cl)C(NC1CC1)=CCO2. The summed E-state index contributed by atoms with van der Waals surface area (Å²) in [7, 11) is 0. The van der Waals surface area contributed by atoms with Gasteiger partial charge < -0.3 is 10.1 Å². The summed E-state index contributed by atoms with van der Waals surface area (Å²) < 4.78 is 5.53. The molecule has 1 heterocycles. The topological polar surface area (TPSA) is 21.3 Å². The molecule has 0 aromatic heterocycles. The van der Waals surface area contributed by atoms with Crippen LogP contribution >= 0.6 is 23.2 Å². The molecule has 0 atom stereocenters. The van der Waals surface area contributed by atoms with Crippen LogP contribution < -0.4 is 10.1 Å². The minimum absolute atomic E-state index is 0.535. The van der Waals surface area contributed by atoms with Gasteiger partial charge in [0.05, 0.1) is 10.0 Å². The maximum atomic E-state index is 6.02. The lowest BCUT2D eigenvalue weighted by molar-refractivity contribution is 0.356. The van der Waals surface area contributed by atoms with Crippen molar-refractivity contribution in [3.05, 3.63) is 33.8 Å². The third kappa shape index (κ3) is 1.87. The first-order chi connectivity index (χ1) is 7.74. The Morgan fingerprint density at radius 3 is 2.69 bits per heavy atom. The standard InChI is InChI=1S/C12H11Cl2NO/c13-9-5-8-11(15-7-1-2-7)3-4-16-12(8)6-10(9)14/h3,5-7,15H,1-2,4H2. The highest BCUT2D eigenvalue weighted by molar-refractivity contribution is 6.42. The van der Waals surface area contributed by atoms with E-state index in [1.165, 1.54) is 12.8 Å². The quantitative estimate of drug-likeness (QED) is 0.874. The van der Waals surface area contributed by atoms with Gasteiger partial charge in [-0.3, -0.25) is 0 Å². The van der Waals surface area contributed by atoms with E-state index < -0.39 is 0 Å². The molecule has 3 rings (SSSR count). The Labute approximate surface area is 104 Å². The molecule has 0 amide bonds. The summed E-state index contributed by atoms with van der Waals surface area (Å²) in [5.74, 6) is 0.806. The fourth-order valence-electron chi connectivity index (χ4n) is 1.77. The Morgan fingerprint density at radius 1 is 1.19 bits per heavy atom. The molecule has 84 valence electrons. The molecule has 0 radical (unpaired) electrons. The number of halogens is 2. The van der Waals surface area contributed by atoms with E-state index in [0.717, 1.165) is 17.0 Å². The van der Waals surface area contributed by atoms with Crippen molar-refractivity contribution >= 4 is 28.9 Å². The fraction of sp³-hybridized carbons (Fsp3) is 0.333. The van der Waals surface area contributed by atoms with Gasteiger partial charge in [-0.05, 0) is 25.0 Å². The lowest BCUT2D eigenvalue weighted by Gasteiger charge is -2.20. The van der Waals surface area contributed by atoms with Crippen molar-refractivity contribution in [3.63, 3.8) is 0 Å². The van der Waals surface area contributed by atoms with Crippen LogP contribution in [0.25, 0.3) is 5.70 Å². The van der Waals surface area contributed by atoms with Crippen LogP contribution in [-0.2, 0) is 0 Å². The van der Waals surface area contributed by atoms with E-state index in [-0.39, 0.29) is 0 Å². The normalized spacial score (nSPS) is 18.5. The summed E-state index contributed by atoms with van der Waals surface area (Å²) in [6, 6.07) is 4.26. The second kappa shape index (κ2) is 3.86. The number of rotatable bonds is 2. The van der Waals surface area contributed by atoms with Crippen LogP contribution in [0.5, 0.6) is 5.75 Å². The van der Waals surface area contributed by atoms with Crippen LogP contribution in [0, 0.1) is 0 Å². The van der Waals surface area contributed by atoms with E-state index in [1.807, 2.05) is 12.1 Å². The third-order valence-corrected chi connectivity index (χ3v) is 3.50. The third-order valence-electron chi connectivity index (χ3n) is 2.78. The van der Waals surface area contributed by atoms with Crippen molar-refractivity contribution in [1.82, 2.24) is 5.32 Å². The van der Waals surface area contributed by atoms with Crippen molar-refractivity contribution in [2.45, 2.75) is 18.9 Å². The van der Waals surface area contributed by atoms with E-state index in [2.05, 4.69) is 5.32 Å². The van der Waals surface area contributed by atoms with Gasteiger partial charge in [-0.1, -0.05) is 23.2 Å². The van der Waals surface area contributed by atoms with Crippen molar-refractivity contribution < 1.29 is 4.74 Å².